The van der Waals surface area contributed by atoms with E-state index in [9.17, 15) is 4.79 Å². The largest absolute Gasteiger partial charge is 0.489 e. The first kappa shape index (κ1) is 13.3. The third-order valence-corrected chi connectivity index (χ3v) is 4.50. The van der Waals surface area contributed by atoms with Gasteiger partial charge in [0.1, 0.15) is 0 Å². The van der Waals surface area contributed by atoms with E-state index in [-0.39, 0.29) is 11.3 Å². The number of methoxy groups -OCH3 is 1. The highest BCUT2D eigenvalue weighted by atomic mass is 32.2. The number of anilines is 1. The van der Waals surface area contributed by atoms with Crippen LogP contribution in [0.4, 0.5) is 5.82 Å². The minimum atomic E-state index is -0.243. The summed E-state index contributed by atoms with van der Waals surface area (Å²) in [7, 11) is 1.49. The molecule has 1 saturated carbocycles. The Kier molecular flexibility index (Phi) is 4.52. The monoisotopic (exact) mass is 269 g/mol. The Morgan fingerprint density at radius 1 is 1.61 bits per heavy atom. The number of hydrogen-bond acceptors (Lipinski definition) is 5. The molecule has 6 heteroatoms. The van der Waals surface area contributed by atoms with Crippen molar-refractivity contribution < 1.29 is 4.74 Å². The molecule has 0 aliphatic heterocycles. The molecule has 5 nitrogen and oxygen atoms in total. The van der Waals surface area contributed by atoms with E-state index in [0.29, 0.717) is 17.1 Å². The van der Waals surface area contributed by atoms with E-state index in [4.69, 9.17) is 4.74 Å². The van der Waals surface area contributed by atoms with Gasteiger partial charge in [0.05, 0.1) is 13.4 Å². The molecule has 2 rings (SSSR count). The van der Waals surface area contributed by atoms with E-state index in [1.807, 2.05) is 11.8 Å². The molecule has 18 heavy (non-hydrogen) atoms. The number of H-pyrrole nitrogens is 1. The van der Waals surface area contributed by atoms with Crippen LogP contribution in [-0.2, 0) is 0 Å². The van der Waals surface area contributed by atoms with E-state index in [0.717, 1.165) is 12.2 Å². The summed E-state index contributed by atoms with van der Waals surface area (Å²) >= 11 is 1.97. The van der Waals surface area contributed by atoms with Crippen LogP contribution >= 0.6 is 11.8 Å². The van der Waals surface area contributed by atoms with Gasteiger partial charge in [-0.1, -0.05) is 13.3 Å². The standard InChI is InChI=1S/C12H19N3O2S/c1-3-18-9-6-4-5-8(9)15-11-10(17-2)12(16)14-7-13-11/h7-9H,3-6H2,1-2H3,(H2,13,14,15,16). The molecule has 0 radical (unpaired) electrons. The van der Waals surface area contributed by atoms with Gasteiger partial charge in [-0.3, -0.25) is 4.79 Å². The summed E-state index contributed by atoms with van der Waals surface area (Å²) in [5.74, 6) is 1.93. The number of ether oxygens (including phenoxy) is 1. The molecule has 1 fully saturated rings. The molecule has 1 aromatic heterocycles. The van der Waals surface area contributed by atoms with Gasteiger partial charge in [0.2, 0.25) is 5.75 Å². The normalized spacial score (nSPS) is 23.0. The Morgan fingerprint density at radius 3 is 3.17 bits per heavy atom. The zero-order valence-corrected chi connectivity index (χ0v) is 11.5. The van der Waals surface area contributed by atoms with Crippen LogP contribution in [0.25, 0.3) is 0 Å². The van der Waals surface area contributed by atoms with Crippen LogP contribution in [0.15, 0.2) is 11.1 Å². The lowest BCUT2D eigenvalue weighted by Gasteiger charge is -2.21. The van der Waals surface area contributed by atoms with Crippen molar-refractivity contribution in [2.75, 3.05) is 18.2 Å². The lowest BCUT2D eigenvalue weighted by Crippen LogP contribution is -2.28. The van der Waals surface area contributed by atoms with Crippen LogP contribution in [0, 0.1) is 0 Å². The number of rotatable bonds is 5. The predicted octanol–water partition coefficient (Wildman–Crippen LogP) is 1.86. The number of aromatic amines is 1. The second-order valence-corrected chi connectivity index (χ2v) is 5.81. The average molecular weight is 269 g/mol. The topological polar surface area (TPSA) is 67.0 Å². The molecule has 1 aromatic rings. The molecule has 1 heterocycles. The predicted molar refractivity (Wildman–Crippen MR) is 74.6 cm³/mol. The molecule has 100 valence electrons. The number of nitrogens with one attached hydrogen (secondary N) is 2. The van der Waals surface area contributed by atoms with Crippen LogP contribution in [0.2, 0.25) is 0 Å². The van der Waals surface area contributed by atoms with Crippen LogP contribution in [0.1, 0.15) is 26.2 Å². The first-order chi connectivity index (χ1) is 8.76. The summed E-state index contributed by atoms with van der Waals surface area (Å²) in [5, 5.41) is 3.96. The number of thioether (sulfide) groups is 1. The van der Waals surface area contributed by atoms with Crippen molar-refractivity contribution in [1.82, 2.24) is 9.97 Å². The maximum atomic E-state index is 11.6. The molecule has 0 bridgehead atoms. The number of hydrogen-bond donors (Lipinski definition) is 2. The van der Waals surface area contributed by atoms with Gasteiger partial charge in [0, 0.05) is 11.3 Å². The molecular weight excluding hydrogens is 250 g/mol. The van der Waals surface area contributed by atoms with Crippen LogP contribution in [0.3, 0.4) is 0 Å². The molecule has 2 N–H and O–H groups in total. The minimum absolute atomic E-state index is 0.243. The molecule has 0 amide bonds. The fourth-order valence-electron chi connectivity index (χ4n) is 2.36. The van der Waals surface area contributed by atoms with Gasteiger partial charge in [-0.15, -0.1) is 0 Å². The number of aromatic nitrogens is 2. The molecule has 1 aliphatic rings. The molecular formula is C12H19N3O2S. The lowest BCUT2D eigenvalue weighted by atomic mass is 10.2. The van der Waals surface area contributed by atoms with Crippen molar-refractivity contribution in [1.29, 1.82) is 0 Å². The quantitative estimate of drug-likeness (QED) is 0.854. The fourth-order valence-corrected chi connectivity index (χ4v) is 3.56. The Balaban J connectivity index is 2.13. The zero-order chi connectivity index (χ0) is 13.0. The second-order valence-electron chi connectivity index (χ2n) is 4.29. The maximum absolute atomic E-state index is 11.6. The van der Waals surface area contributed by atoms with Crippen molar-refractivity contribution in [2.24, 2.45) is 0 Å². The van der Waals surface area contributed by atoms with E-state index in [2.05, 4.69) is 22.2 Å². The van der Waals surface area contributed by atoms with Gasteiger partial charge in [-0.25, -0.2) is 4.98 Å². The molecule has 0 aromatic carbocycles. The van der Waals surface area contributed by atoms with Gasteiger partial charge >= 0.3 is 0 Å². The Bertz CT molecular complexity index is 449. The smallest absolute Gasteiger partial charge is 0.295 e. The number of nitrogens with zero attached hydrogens (tertiary/aromatic N) is 1. The first-order valence-corrected chi connectivity index (χ1v) is 7.31. The van der Waals surface area contributed by atoms with E-state index in [1.54, 1.807) is 0 Å². The highest BCUT2D eigenvalue weighted by molar-refractivity contribution is 7.99. The van der Waals surface area contributed by atoms with Gasteiger partial charge in [-0.05, 0) is 18.6 Å². The summed E-state index contributed by atoms with van der Waals surface area (Å²) < 4.78 is 5.11. The van der Waals surface area contributed by atoms with Gasteiger partial charge in [0.25, 0.3) is 5.56 Å². The van der Waals surface area contributed by atoms with Crippen LogP contribution in [-0.4, -0.2) is 34.1 Å². The first-order valence-electron chi connectivity index (χ1n) is 6.26. The average Bonchev–Trinajstić information content (AvgIpc) is 2.78. The molecule has 1 aliphatic carbocycles. The maximum Gasteiger partial charge on any atom is 0.295 e. The molecule has 2 unspecified atom stereocenters. The second kappa shape index (κ2) is 6.13. The zero-order valence-electron chi connectivity index (χ0n) is 10.7. The SMILES string of the molecule is CCSC1CCCC1Nc1nc[nH]c(=O)c1OC. The van der Waals surface area contributed by atoms with E-state index in [1.165, 1.54) is 26.3 Å². The molecule has 2 atom stereocenters. The van der Waals surface area contributed by atoms with Crippen molar-refractivity contribution >= 4 is 17.6 Å². The van der Waals surface area contributed by atoms with E-state index >= 15 is 0 Å². The summed E-state index contributed by atoms with van der Waals surface area (Å²) in [6.07, 6.45) is 4.97. The molecule has 0 saturated heterocycles. The Morgan fingerprint density at radius 2 is 2.44 bits per heavy atom. The van der Waals surface area contributed by atoms with Crippen molar-refractivity contribution in [3.8, 4) is 5.75 Å². The summed E-state index contributed by atoms with van der Waals surface area (Å²) in [6.45, 7) is 2.17. The highest BCUT2D eigenvalue weighted by Crippen LogP contribution is 2.32. The molecule has 0 spiro atoms. The summed E-state index contributed by atoms with van der Waals surface area (Å²) in [4.78, 5) is 18.3. The van der Waals surface area contributed by atoms with Crippen LogP contribution < -0.4 is 15.6 Å². The Hall–Kier alpha value is -1.17. The van der Waals surface area contributed by atoms with Crippen molar-refractivity contribution in [3.63, 3.8) is 0 Å². The highest BCUT2D eigenvalue weighted by Gasteiger charge is 2.28. The van der Waals surface area contributed by atoms with Gasteiger partial charge < -0.3 is 15.0 Å². The van der Waals surface area contributed by atoms with Crippen LogP contribution in [0.5, 0.6) is 5.75 Å². The van der Waals surface area contributed by atoms with E-state index < -0.39 is 0 Å². The third-order valence-electron chi connectivity index (χ3n) is 3.17. The van der Waals surface area contributed by atoms with Crippen molar-refractivity contribution in [3.05, 3.63) is 16.7 Å². The summed E-state index contributed by atoms with van der Waals surface area (Å²) in [5.41, 5.74) is -0.243. The van der Waals surface area contributed by atoms with Crippen molar-refractivity contribution in [2.45, 2.75) is 37.5 Å². The third kappa shape index (κ3) is 2.80. The summed E-state index contributed by atoms with van der Waals surface area (Å²) in [6, 6.07) is 0.373. The lowest BCUT2D eigenvalue weighted by molar-refractivity contribution is 0.407. The van der Waals surface area contributed by atoms with Gasteiger partial charge in [0.15, 0.2) is 5.82 Å². The van der Waals surface area contributed by atoms with Gasteiger partial charge in [-0.2, -0.15) is 11.8 Å². The Labute approximate surface area is 111 Å². The fraction of sp³-hybridized carbons (Fsp3) is 0.667. The minimum Gasteiger partial charge on any atom is -0.489 e.